The molecule has 1 atom stereocenters. The minimum absolute atomic E-state index is 0.0499. The fourth-order valence-corrected chi connectivity index (χ4v) is 3.35. The summed E-state index contributed by atoms with van der Waals surface area (Å²) in [5.74, 6) is 0. The number of pyridine rings is 1. The smallest absolute Gasteiger partial charge is 0.247 e. The SMILES string of the molecule is CC1(NS(=O)(=O)c2ccc(=O)[nH]c2)CCCOC1. The zero-order valence-corrected chi connectivity index (χ0v) is 10.9. The van der Waals surface area contributed by atoms with Gasteiger partial charge >= 0.3 is 0 Å². The molecule has 2 N–H and O–H groups in total. The van der Waals surface area contributed by atoms with Crippen molar-refractivity contribution in [2.75, 3.05) is 13.2 Å². The Bertz CT molecular complexity index is 552. The van der Waals surface area contributed by atoms with Gasteiger partial charge < -0.3 is 9.72 Å². The van der Waals surface area contributed by atoms with Crippen molar-refractivity contribution in [3.8, 4) is 0 Å². The van der Waals surface area contributed by atoms with Crippen molar-refractivity contribution in [1.29, 1.82) is 0 Å². The lowest BCUT2D eigenvalue weighted by Gasteiger charge is -2.33. The highest BCUT2D eigenvalue weighted by atomic mass is 32.2. The Morgan fingerprint density at radius 1 is 1.44 bits per heavy atom. The normalized spacial score (nSPS) is 24.9. The van der Waals surface area contributed by atoms with Crippen molar-refractivity contribution in [2.45, 2.75) is 30.2 Å². The summed E-state index contributed by atoms with van der Waals surface area (Å²) in [5.41, 5.74) is -0.922. The molecule has 1 unspecified atom stereocenters. The fraction of sp³-hybridized carbons (Fsp3) is 0.545. The molecule has 1 saturated heterocycles. The summed E-state index contributed by atoms with van der Waals surface area (Å²) >= 11 is 0. The van der Waals surface area contributed by atoms with Crippen LogP contribution in [0.5, 0.6) is 0 Å². The Morgan fingerprint density at radius 3 is 2.78 bits per heavy atom. The van der Waals surface area contributed by atoms with E-state index in [0.29, 0.717) is 13.2 Å². The molecule has 18 heavy (non-hydrogen) atoms. The lowest BCUT2D eigenvalue weighted by molar-refractivity contribution is 0.0386. The van der Waals surface area contributed by atoms with Crippen molar-refractivity contribution in [2.24, 2.45) is 0 Å². The Hall–Kier alpha value is -1.18. The summed E-state index contributed by atoms with van der Waals surface area (Å²) in [6.07, 6.45) is 2.75. The fourth-order valence-electron chi connectivity index (χ4n) is 1.96. The van der Waals surface area contributed by atoms with Gasteiger partial charge in [0.2, 0.25) is 15.6 Å². The standard InChI is InChI=1S/C11H16N2O4S/c1-11(5-2-6-17-8-11)13-18(15,16)9-3-4-10(14)12-7-9/h3-4,7,13H,2,5-6,8H2,1H3,(H,12,14). The highest BCUT2D eigenvalue weighted by molar-refractivity contribution is 7.89. The number of aromatic nitrogens is 1. The van der Waals surface area contributed by atoms with Gasteiger partial charge in [-0.15, -0.1) is 0 Å². The Morgan fingerprint density at radius 2 is 2.22 bits per heavy atom. The lowest BCUT2D eigenvalue weighted by Crippen LogP contribution is -2.51. The van der Waals surface area contributed by atoms with E-state index < -0.39 is 15.6 Å². The molecule has 0 spiro atoms. The third-order valence-electron chi connectivity index (χ3n) is 2.88. The van der Waals surface area contributed by atoms with E-state index in [9.17, 15) is 13.2 Å². The molecule has 100 valence electrons. The number of hydrogen-bond acceptors (Lipinski definition) is 4. The second-order valence-electron chi connectivity index (χ2n) is 4.71. The molecule has 1 aliphatic rings. The van der Waals surface area contributed by atoms with Gasteiger partial charge in [-0.05, 0) is 25.8 Å². The van der Waals surface area contributed by atoms with Crippen LogP contribution in [-0.4, -0.2) is 32.2 Å². The third-order valence-corrected chi connectivity index (χ3v) is 4.52. The van der Waals surface area contributed by atoms with Gasteiger partial charge in [-0.3, -0.25) is 4.79 Å². The van der Waals surface area contributed by atoms with Crippen molar-refractivity contribution < 1.29 is 13.2 Å². The number of hydrogen-bond donors (Lipinski definition) is 2. The predicted octanol–water partition coefficient (Wildman–Crippen LogP) is 0.222. The molecule has 0 radical (unpaired) electrons. The van der Waals surface area contributed by atoms with Crippen molar-refractivity contribution in [3.05, 3.63) is 28.7 Å². The quantitative estimate of drug-likeness (QED) is 0.824. The monoisotopic (exact) mass is 272 g/mol. The minimum Gasteiger partial charge on any atom is -0.380 e. The van der Waals surface area contributed by atoms with Gasteiger partial charge in [0.1, 0.15) is 0 Å². The van der Waals surface area contributed by atoms with Crippen LogP contribution in [0.25, 0.3) is 0 Å². The van der Waals surface area contributed by atoms with Gasteiger partial charge in [-0.1, -0.05) is 0 Å². The Balaban J connectivity index is 2.21. The summed E-state index contributed by atoms with van der Waals surface area (Å²) < 4.78 is 32.2. The molecule has 1 aliphatic heterocycles. The topological polar surface area (TPSA) is 88.3 Å². The number of H-pyrrole nitrogens is 1. The van der Waals surface area contributed by atoms with Crippen molar-refractivity contribution in [3.63, 3.8) is 0 Å². The molecule has 6 nitrogen and oxygen atoms in total. The minimum atomic E-state index is -3.64. The summed E-state index contributed by atoms with van der Waals surface area (Å²) in [6, 6.07) is 2.47. The highest BCUT2D eigenvalue weighted by Crippen LogP contribution is 2.21. The first kappa shape index (κ1) is 13.3. The van der Waals surface area contributed by atoms with Gasteiger partial charge in [0.05, 0.1) is 17.0 Å². The van der Waals surface area contributed by atoms with Crippen LogP contribution in [0, 0.1) is 0 Å². The molecule has 0 bridgehead atoms. The average Bonchev–Trinajstić information content (AvgIpc) is 2.29. The van der Waals surface area contributed by atoms with Crippen LogP contribution >= 0.6 is 0 Å². The van der Waals surface area contributed by atoms with E-state index in [0.717, 1.165) is 12.8 Å². The summed E-state index contributed by atoms with van der Waals surface area (Å²) in [7, 11) is -3.64. The van der Waals surface area contributed by atoms with E-state index in [2.05, 4.69) is 9.71 Å². The highest BCUT2D eigenvalue weighted by Gasteiger charge is 2.32. The maximum Gasteiger partial charge on any atom is 0.247 e. The molecular weight excluding hydrogens is 256 g/mol. The van der Waals surface area contributed by atoms with E-state index in [4.69, 9.17) is 4.74 Å². The van der Waals surface area contributed by atoms with Gasteiger partial charge in [0.15, 0.2) is 0 Å². The number of nitrogens with one attached hydrogen (secondary N) is 2. The van der Waals surface area contributed by atoms with E-state index in [1.165, 1.54) is 18.3 Å². The molecule has 0 aromatic carbocycles. The number of ether oxygens (including phenoxy) is 1. The maximum absolute atomic E-state index is 12.1. The number of sulfonamides is 1. The van der Waals surface area contributed by atoms with E-state index in [-0.39, 0.29) is 10.5 Å². The van der Waals surface area contributed by atoms with Crippen LogP contribution in [0.4, 0.5) is 0 Å². The predicted molar refractivity (Wildman–Crippen MR) is 65.8 cm³/mol. The molecule has 0 aliphatic carbocycles. The third kappa shape index (κ3) is 2.98. The summed E-state index contributed by atoms with van der Waals surface area (Å²) in [6.45, 7) is 2.83. The first-order valence-corrected chi connectivity index (χ1v) is 7.20. The second kappa shape index (κ2) is 4.83. The zero-order chi connectivity index (χ0) is 13.2. The molecule has 1 aromatic heterocycles. The van der Waals surface area contributed by atoms with Gasteiger partial charge in [0.25, 0.3) is 0 Å². The van der Waals surface area contributed by atoms with Crippen LogP contribution in [0.15, 0.2) is 28.0 Å². The molecule has 0 amide bonds. The zero-order valence-electron chi connectivity index (χ0n) is 10.1. The Kier molecular flexibility index (Phi) is 3.56. The van der Waals surface area contributed by atoms with Gasteiger partial charge in [-0.2, -0.15) is 0 Å². The molecule has 2 rings (SSSR count). The van der Waals surface area contributed by atoms with E-state index >= 15 is 0 Å². The molecular formula is C11H16N2O4S. The van der Waals surface area contributed by atoms with E-state index in [1.54, 1.807) is 0 Å². The van der Waals surface area contributed by atoms with Crippen molar-refractivity contribution >= 4 is 10.0 Å². The number of rotatable bonds is 3. The average molecular weight is 272 g/mol. The molecule has 1 aromatic rings. The van der Waals surface area contributed by atoms with Crippen LogP contribution in [0.2, 0.25) is 0 Å². The largest absolute Gasteiger partial charge is 0.380 e. The van der Waals surface area contributed by atoms with Crippen LogP contribution in [-0.2, 0) is 14.8 Å². The lowest BCUT2D eigenvalue weighted by atomic mass is 9.97. The number of aromatic amines is 1. The Labute approximate surface area is 105 Å². The van der Waals surface area contributed by atoms with Crippen LogP contribution < -0.4 is 10.3 Å². The van der Waals surface area contributed by atoms with Crippen molar-refractivity contribution in [1.82, 2.24) is 9.71 Å². The second-order valence-corrected chi connectivity index (χ2v) is 6.39. The molecule has 0 saturated carbocycles. The summed E-state index contributed by atoms with van der Waals surface area (Å²) in [4.78, 5) is 13.3. The first-order chi connectivity index (χ1) is 8.41. The van der Waals surface area contributed by atoms with Crippen LogP contribution in [0.3, 0.4) is 0 Å². The summed E-state index contributed by atoms with van der Waals surface area (Å²) in [5, 5.41) is 0. The van der Waals surface area contributed by atoms with E-state index in [1.807, 2.05) is 6.92 Å². The van der Waals surface area contributed by atoms with Gasteiger partial charge in [-0.25, -0.2) is 13.1 Å². The molecule has 7 heteroatoms. The maximum atomic E-state index is 12.1. The molecule has 1 fully saturated rings. The molecule has 2 heterocycles. The first-order valence-electron chi connectivity index (χ1n) is 5.72. The van der Waals surface area contributed by atoms with Crippen LogP contribution in [0.1, 0.15) is 19.8 Å². The van der Waals surface area contributed by atoms with Gasteiger partial charge in [0, 0.05) is 18.9 Å².